The van der Waals surface area contributed by atoms with Crippen molar-refractivity contribution < 1.29 is 28.5 Å². The molecule has 0 amide bonds. The molecule has 0 bridgehead atoms. The third-order valence-electron chi connectivity index (χ3n) is 6.54. The van der Waals surface area contributed by atoms with E-state index in [1.807, 2.05) is 54.4 Å². The molecule has 6 rings (SSSR count). The van der Waals surface area contributed by atoms with Gasteiger partial charge in [-0.15, -0.1) is 0 Å². The molecular formula is C28H23NO6. The van der Waals surface area contributed by atoms with Gasteiger partial charge in [-0.05, 0) is 47.3 Å². The number of ether oxygens (including phenoxy) is 5. The van der Waals surface area contributed by atoms with Crippen LogP contribution in [0.3, 0.4) is 0 Å². The molecule has 4 aromatic carbocycles. The highest BCUT2D eigenvalue weighted by Gasteiger charge is 2.37. The first-order valence-corrected chi connectivity index (χ1v) is 11.2. The Hall–Kier alpha value is -4.39. The normalized spacial score (nSPS) is 15.4. The van der Waals surface area contributed by atoms with Gasteiger partial charge in [-0.25, -0.2) is 4.79 Å². The number of methoxy groups -OCH3 is 2. The maximum atomic E-state index is 13.2. The van der Waals surface area contributed by atoms with Crippen LogP contribution in [0.2, 0.25) is 0 Å². The summed E-state index contributed by atoms with van der Waals surface area (Å²) in [5, 5.41) is 1.97. The van der Waals surface area contributed by atoms with E-state index in [0.29, 0.717) is 22.8 Å². The average molecular weight is 469 g/mol. The van der Waals surface area contributed by atoms with Crippen molar-refractivity contribution in [2.45, 2.75) is 6.23 Å². The molecule has 0 saturated heterocycles. The van der Waals surface area contributed by atoms with E-state index in [1.165, 1.54) is 0 Å². The molecule has 4 aromatic rings. The fourth-order valence-corrected chi connectivity index (χ4v) is 4.92. The number of anilines is 1. The number of hydrogen-bond donors (Lipinski definition) is 0. The minimum absolute atomic E-state index is 0.195. The molecule has 0 aliphatic carbocycles. The van der Waals surface area contributed by atoms with E-state index < -0.39 is 12.2 Å². The summed E-state index contributed by atoms with van der Waals surface area (Å²) in [6.07, 6.45) is -0.758. The quantitative estimate of drug-likeness (QED) is 0.363. The molecule has 0 spiro atoms. The summed E-state index contributed by atoms with van der Waals surface area (Å²) in [5.41, 5.74) is 4.01. The lowest BCUT2D eigenvalue weighted by Crippen LogP contribution is -2.32. The number of benzene rings is 4. The fourth-order valence-electron chi connectivity index (χ4n) is 4.92. The Morgan fingerprint density at radius 3 is 2.40 bits per heavy atom. The molecule has 176 valence electrons. The Labute approximate surface area is 202 Å². The summed E-state index contributed by atoms with van der Waals surface area (Å²) in [6, 6.07) is 20.9. The van der Waals surface area contributed by atoms with E-state index in [9.17, 15) is 4.79 Å². The molecule has 2 aliphatic rings. The first-order chi connectivity index (χ1) is 17.1. The van der Waals surface area contributed by atoms with Gasteiger partial charge in [0.15, 0.2) is 23.0 Å². The van der Waals surface area contributed by atoms with Crippen molar-refractivity contribution in [3.05, 3.63) is 77.9 Å². The van der Waals surface area contributed by atoms with Crippen LogP contribution in [0.25, 0.3) is 21.9 Å². The van der Waals surface area contributed by atoms with Gasteiger partial charge in [-0.1, -0.05) is 30.3 Å². The Kier molecular flexibility index (Phi) is 4.91. The first kappa shape index (κ1) is 21.2. The van der Waals surface area contributed by atoms with Gasteiger partial charge in [-0.3, -0.25) is 0 Å². The van der Waals surface area contributed by atoms with Crippen molar-refractivity contribution in [2.75, 3.05) is 33.0 Å². The van der Waals surface area contributed by atoms with Gasteiger partial charge >= 0.3 is 5.97 Å². The van der Waals surface area contributed by atoms with Crippen LogP contribution in [0.1, 0.15) is 22.1 Å². The van der Waals surface area contributed by atoms with Gasteiger partial charge in [0, 0.05) is 18.0 Å². The predicted octanol–water partition coefficient (Wildman–Crippen LogP) is 5.56. The molecular weight excluding hydrogens is 446 g/mol. The van der Waals surface area contributed by atoms with Gasteiger partial charge in [0.05, 0.1) is 31.0 Å². The molecule has 7 heteroatoms. The fraction of sp³-hybridized carbons (Fsp3) is 0.179. The average Bonchev–Trinajstić information content (AvgIpc) is 3.36. The van der Waals surface area contributed by atoms with Crippen molar-refractivity contribution in [3.63, 3.8) is 0 Å². The molecule has 2 aliphatic heterocycles. The third-order valence-corrected chi connectivity index (χ3v) is 6.54. The van der Waals surface area contributed by atoms with Gasteiger partial charge in [0.1, 0.15) is 0 Å². The molecule has 1 unspecified atom stereocenters. The van der Waals surface area contributed by atoms with Crippen LogP contribution in [0.5, 0.6) is 23.0 Å². The SMILES string of the molecule is COc1ccc2c(c1OC)C(OC(=O)c1ccccc1)N(C)c1c-2ccc2cc3c(cc12)OCO3. The summed E-state index contributed by atoms with van der Waals surface area (Å²) in [5.74, 6) is 2.07. The molecule has 7 nitrogen and oxygen atoms in total. The zero-order chi connectivity index (χ0) is 24.1. The summed E-state index contributed by atoms with van der Waals surface area (Å²) in [7, 11) is 5.09. The minimum atomic E-state index is -0.758. The van der Waals surface area contributed by atoms with E-state index in [4.69, 9.17) is 23.7 Å². The van der Waals surface area contributed by atoms with E-state index >= 15 is 0 Å². The van der Waals surface area contributed by atoms with Crippen LogP contribution >= 0.6 is 0 Å². The summed E-state index contributed by atoms with van der Waals surface area (Å²) >= 11 is 0. The number of nitrogens with zero attached hydrogens (tertiary/aromatic N) is 1. The van der Waals surface area contributed by atoms with Gasteiger partial charge in [0.25, 0.3) is 0 Å². The van der Waals surface area contributed by atoms with E-state index in [2.05, 4.69) is 12.1 Å². The van der Waals surface area contributed by atoms with Gasteiger partial charge < -0.3 is 28.6 Å². The number of carbonyl (C=O) groups excluding carboxylic acids is 1. The van der Waals surface area contributed by atoms with E-state index in [1.54, 1.807) is 26.4 Å². The topological polar surface area (TPSA) is 66.5 Å². The second-order valence-electron chi connectivity index (χ2n) is 8.39. The molecule has 1 atom stereocenters. The largest absolute Gasteiger partial charge is 0.493 e. The highest BCUT2D eigenvalue weighted by Crippen LogP contribution is 2.53. The Bertz CT molecular complexity index is 1470. The van der Waals surface area contributed by atoms with Crippen molar-refractivity contribution >= 4 is 22.4 Å². The number of carbonyl (C=O) groups is 1. The minimum Gasteiger partial charge on any atom is -0.493 e. The van der Waals surface area contributed by atoms with Gasteiger partial charge in [-0.2, -0.15) is 0 Å². The van der Waals surface area contributed by atoms with Crippen molar-refractivity contribution in [2.24, 2.45) is 0 Å². The van der Waals surface area contributed by atoms with Gasteiger partial charge in [0.2, 0.25) is 13.0 Å². The van der Waals surface area contributed by atoms with E-state index in [0.717, 1.165) is 38.9 Å². The maximum absolute atomic E-state index is 13.2. The lowest BCUT2D eigenvalue weighted by atomic mass is 9.88. The zero-order valence-corrected chi connectivity index (χ0v) is 19.5. The van der Waals surface area contributed by atoms with Crippen LogP contribution in [-0.2, 0) is 4.74 Å². The Balaban J connectivity index is 1.58. The molecule has 0 radical (unpaired) electrons. The van der Waals surface area contributed by atoms with Crippen LogP contribution in [0.4, 0.5) is 5.69 Å². The second kappa shape index (κ2) is 8.13. The lowest BCUT2D eigenvalue weighted by Gasteiger charge is -2.38. The second-order valence-corrected chi connectivity index (χ2v) is 8.39. The van der Waals surface area contributed by atoms with Crippen molar-refractivity contribution in [1.29, 1.82) is 0 Å². The number of rotatable bonds is 4. The Morgan fingerprint density at radius 2 is 1.66 bits per heavy atom. The van der Waals surface area contributed by atoms with Crippen molar-refractivity contribution in [3.8, 4) is 34.1 Å². The molecule has 2 heterocycles. The number of fused-ring (bicyclic) bond motifs is 6. The predicted molar refractivity (Wildman–Crippen MR) is 132 cm³/mol. The van der Waals surface area contributed by atoms with Crippen LogP contribution in [0, 0.1) is 0 Å². The van der Waals surface area contributed by atoms with Crippen LogP contribution in [-0.4, -0.2) is 34.0 Å². The maximum Gasteiger partial charge on any atom is 0.340 e. The van der Waals surface area contributed by atoms with Crippen LogP contribution in [0.15, 0.2) is 66.7 Å². The van der Waals surface area contributed by atoms with Crippen molar-refractivity contribution in [1.82, 2.24) is 0 Å². The smallest absolute Gasteiger partial charge is 0.340 e. The molecule has 0 saturated carbocycles. The molecule has 0 N–H and O–H groups in total. The molecule has 35 heavy (non-hydrogen) atoms. The standard InChI is InChI=1S/C28H23NO6/c1-29-25-19(10-9-17-13-22-23(14-20(17)25)34-15-33-22)18-11-12-21(31-2)26(32-3)24(18)27(29)35-28(30)16-7-5-4-6-8-16/h4-14,27H,15H2,1-3H3. The molecule has 0 aromatic heterocycles. The lowest BCUT2D eigenvalue weighted by molar-refractivity contribution is 0.0292. The summed E-state index contributed by atoms with van der Waals surface area (Å²) in [6.45, 7) is 0.195. The molecule has 0 fully saturated rings. The van der Waals surface area contributed by atoms with Crippen LogP contribution < -0.4 is 23.8 Å². The summed E-state index contributed by atoms with van der Waals surface area (Å²) in [4.78, 5) is 15.2. The highest BCUT2D eigenvalue weighted by atomic mass is 16.7. The Morgan fingerprint density at radius 1 is 0.914 bits per heavy atom. The first-order valence-electron chi connectivity index (χ1n) is 11.2. The summed E-state index contributed by atoms with van der Waals surface area (Å²) < 4.78 is 28.7. The van der Waals surface area contributed by atoms with E-state index in [-0.39, 0.29) is 6.79 Å². The zero-order valence-electron chi connectivity index (χ0n) is 19.5. The highest BCUT2D eigenvalue weighted by molar-refractivity contribution is 6.06. The third kappa shape index (κ3) is 3.23. The number of esters is 1. The number of hydrogen-bond acceptors (Lipinski definition) is 7. The monoisotopic (exact) mass is 469 g/mol.